The van der Waals surface area contributed by atoms with Crippen LogP contribution in [0.25, 0.3) is 0 Å². The van der Waals surface area contributed by atoms with E-state index in [-0.39, 0.29) is 18.9 Å². The van der Waals surface area contributed by atoms with Gasteiger partial charge in [-0.3, -0.25) is 19.2 Å². The molecule has 5 unspecified atom stereocenters. The van der Waals surface area contributed by atoms with E-state index < -0.39 is 47.7 Å². The van der Waals surface area contributed by atoms with E-state index in [0.29, 0.717) is 36.2 Å². The lowest BCUT2D eigenvalue weighted by atomic mass is 9.60. The summed E-state index contributed by atoms with van der Waals surface area (Å²) in [5, 5.41) is 0. The molecule has 8 nitrogen and oxygen atoms in total. The van der Waals surface area contributed by atoms with E-state index in [0.717, 1.165) is 0 Å². The summed E-state index contributed by atoms with van der Waals surface area (Å²) >= 11 is 11.8. The monoisotopic (exact) mass is 499 g/mol. The number of carbonyl (C=O) groups excluding carboxylic acids is 4. The maximum Gasteiger partial charge on any atom is 0.317 e. The summed E-state index contributed by atoms with van der Waals surface area (Å²) in [7, 11) is 0. The van der Waals surface area contributed by atoms with Crippen molar-refractivity contribution in [1.29, 1.82) is 0 Å². The van der Waals surface area contributed by atoms with Gasteiger partial charge < -0.3 is 19.1 Å². The van der Waals surface area contributed by atoms with Gasteiger partial charge in [0.05, 0.1) is 12.5 Å². The van der Waals surface area contributed by atoms with Crippen molar-refractivity contribution in [3.05, 3.63) is 29.8 Å². The smallest absolute Gasteiger partial charge is 0.317 e. The quantitative estimate of drug-likeness (QED) is 0.209. The molecule has 0 radical (unpaired) electrons. The fraction of sp³-hybridized carbons (Fsp3) is 0.565. The maximum atomic E-state index is 13.4. The second-order valence-electron chi connectivity index (χ2n) is 8.03. The van der Waals surface area contributed by atoms with E-state index in [1.807, 2.05) is 4.90 Å². The molecule has 0 spiro atoms. The van der Waals surface area contributed by atoms with Crippen molar-refractivity contribution in [2.75, 3.05) is 38.0 Å². The Kier molecular flexibility index (Phi) is 8.73. The molecule has 2 saturated heterocycles. The van der Waals surface area contributed by atoms with E-state index >= 15 is 0 Å². The Hall–Kier alpha value is -2.16. The number of benzene rings is 1. The van der Waals surface area contributed by atoms with Crippen LogP contribution >= 0.6 is 23.2 Å². The van der Waals surface area contributed by atoms with Gasteiger partial charge in [-0.25, -0.2) is 0 Å². The molecule has 1 aromatic rings. The van der Waals surface area contributed by atoms with Crippen molar-refractivity contribution in [3.8, 4) is 5.75 Å². The van der Waals surface area contributed by atoms with Gasteiger partial charge in [-0.15, -0.1) is 23.2 Å². The number of carbonyl (C=O) groups is 4. The average molecular weight is 500 g/mol. The number of ketones is 1. The minimum atomic E-state index is -1.14. The zero-order chi connectivity index (χ0) is 24.1. The fourth-order valence-electron chi connectivity index (χ4n) is 4.71. The number of alkyl halides is 2. The number of nitrogens with zero attached hydrogens (tertiary/aromatic N) is 1. The third kappa shape index (κ3) is 5.50. The molecule has 2 bridgehead atoms. The minimum Gasteiger partial charge on any atom is -0.466 e. The van der Waals surface area contributed by atoms with Crippen molar-refractivity contribution in [3.63, 3.8) is 0 Å². The van der Waals surface area contributed by atoms with Crippen molar-refractivity contribution in [2.45, 2.75) is 25.9 Å². The molecule has 5 atom stereocenters. The number of esters is 3. The molecule has 2 heterocycles. The van der Waals surface area contributed by atoms with E-state index in [4.69, 9.17) is 37.4 Å². The van der Waals surface area contributed by atoms with Crippen LogP contribution < -0.4 is 4.74 Å². The highest BCUT2D eigenvalue weighted by Gasteiger charge is 2.62. The number of hydrogen-bond donors (Lipinski definition) is 0. The van der Waals surface area contributed by atoms with Gasteiger partial charge in [0, 0.05) is 44.2 Å². The van der Waals surface area contributed by atoms with E-state index in [1.165, 1.54) is 6.92 Å². The largest absolute Gasteiger partial charge is 0.466 e. The second-order valence-corrected chi connectivity index (χ2v) is 8.79. The Balaban J connectivity index is 1.97. The van der Waals surface area contributed by atoms with Crippen molar-refractivity contribution >= 4 is 46.9 Å². The van der Waals surface area contributed by atoms with Crippen LogP contribution in [-0.2, 0) is 28.7 Å². The molecule has 180 valence electrons. The lowest BCUT2D eigenvalue weighted by Gasteiger charge is -2.49. The minimum absolute atomic E-state index is 0.155. The summed E-state index contributed by atoms with van der Waals surface area (Å²) in [5.74, 6) is -4.27. The first kappa shape index (κ1) is 25.5. The Morgan fingerprint density at radius 1 is 1.09 bits per heavy atom. The molecule has 10 heteroatoms. The third-order valence-electron chi connectivity index (χ3n) is 6.02. The molecule has 0 N–H and O–H groups in total. The molecule has 1 aliphatic carbocycles. The molecule has 33 heavy (non-hydrogen) atoms. The Bertz CT molecular complexity index is 885. The fourth-order valence-corrected chi connectivity index (χ4v) is 5.18. The molecule has 1 aromatic carbocycles. The van der Waals surface area contributed by atoms with Gasteiger partial charge in [-0.2, -0.15) is 0 Å². The van der Waals surface area contributed by atoms with Crippen LogP contribution in [0.1, 0.15) is 25.3 Å². The van der Waals surface area contributed by atoms with Crippen molar-refractivity contribution in [2.24, 2.45) is 17.8 Å². The first-order valence-corrected chi connectivity index (χ1v) is 11.9. The predicted molar refractivity (Wildman–Crippen MR) is 120 cm³/mol. The van der Waals surface area contributed by atoms with Gasteiger partial charge >= 0.3 is 17.9 Å². The molecular formula is C23H27Cl2NO7. The summed E-state index contributed by atoms with van der Waals surface area (Å²) in [4.78, 5) is 52.4. The summed E-state index contributed by atoms with van der Waals surface area (Å²) in [6.07, 6.45) is -0.958. The Labute approximate surface area is 202 Å². The first-order chi connectivity index (χ1) is 15.8. The molecule has 3 fully saturated rings. The van der Waals surface area contributed by atoms with Crippen molar-refractivity contribution in [1.82, 2.24) is 4.90 Å². The van der Waals surface area contributed by atoms with E-state index in [2.05, 4.69) is 0 Å². The Morgan fingerprint density at radius 2 is 1.73 bits per heavy atom. The van der Waals surface area contributed by atoms with Gasteiger partial charge in [0.15, 0.2) is 5.78 Å². The maximum absolute atomic E-state index is 13.4. The number of ether oxygens (including phenoxy) is 3. The van der Waals surface area contributed by atoms with Crippen LogP contribution in [0.4, 0.5) is 0 Å². The highest BCUT2D eigenvalue weighted by atomic mass is 35.5. The van der Waals surface area contributed by atoms with Gasteiger partial charge in [0.25, 0.3) is 0 Å². The topological polar surface area (TPSA) is 99.2 Å². The number of rotatable bonds is 10. The highest BCUT2D eigenvalue weighted by molar-refractivity contribution is 6.18. The summed E-state index contributed by atoms with van der Waals surface area (Å²) in [6, 6.07) is 6.44. The second kappa shape index (κ2) is 11.3. The van der Waals surface area contributed by atoms with Crippen molar-refractivity contribution < 1.29 is 33.4 Å². The lowest BCUT2D eigenvalue weighted by molar-refractivity contribution is -0.197. The lowest BCUT2D eigenvalue weighted by Crippen LogP contribution is -2.63. The number of hydrogen-bond acceptors (Lipinski definition) is 8. The Morgan fingerprint density at radius 3 is 2.27 bits per heavy atom. The standard InChI is InChI=1S/C23H27Cl2NO7/c1-3-31-22(29)19-17(14-4-6-15(7-5-14)32-13(2)27)18-20(28)16(21(19)33-23(18)30)12-26(10-8-24)11-9-25/h4-7,16-19,21H,3,8-12H2,1-2H3. The zero-order valence-electron chi connectivity index (χ0n) is 18.5. The molecule has 2 aliphatic heterocycles. The molecule has 4 rings (SSSR count). The summed E-state index contributed by atoms with van der Waals surface area (Å²) in [6.45, 7) is 4.43. The van der Waals surface area contributed by atoms with Crippen LogP contribution in [0.15, 0.2) is 24.3 Å². The van der Waals surface area contributed by atoms with E-state index in [1.54, 1.807) is 31.2 Å². The van der Waals surface area contributed by atoms with Gasteiger partial charge in [-0.1, -0.05) is 12.1 Å². The average Bonchev–Trinajstić information content (AvgIpc) is 2.76. The van der Waals surface area contributed by atoms with Crippen LogP contribution in [0.3, 0.4) is 0 Å². The van der Waals surface area contributed by atoms with Gasteiger partial charge in [0.1, 0.15) is 23.7 Å². The number of fused-ring (bicyclic) bond motifs is 3. The van der Waals surface area contributed by atoms with E-state index in [9.17, 15) is 19.2 Å². The van der Waals surface area contributed by atoms with Gasteiger partial charge in [0.2, 0.25) is 0 Å². The highest BCUT2D eigenvalue weighted by Crippen LogP contribution is 2.49. The van der Waals surface area contributed by atoms with Crippen LogP contribution in [0.2, 0.25) is 0 Å². The molecule has 0 aromatic heterocycles. The third-order valence-corrected chi connectivity index (χ3v) is 6.35. The number of halogens is 2. The predicted octanol–water partition coefficient (Wildman–Crippen LogP) is 2.39. The number of Topliss-reactive ketones (excluding diaryl/α,β-unsaturated/α-hetero) is 1. The van der Waals surface area contributed by atoms with Gasteiger partial charge in [-0.05, 0) is 24.6 Å². The molecule has 1 saturated carbocycles. The van der Waals surface area contributed by atoms with Crippen LogP contribution in [-0.4, -0.2) is 72.7 Å². The first-order valence-electron chi connectivity index (χ1n) is 10.9. The summed E-state index contributed by atoms with van der Waals surface area (Å²) < 4.78 is 16.0. The summed E-state index contributed by atoms with van der Waals surface area (Å²) in [5.41, 5.74) is 0.598. The van der Waals surface area contributed by atoms with Crippen LogP contribution in [0.5, 0.6) is 5.75 Å². The molecule has 3 aliphatic rings. The molecule has 0 amide bonds. The molecular weight excluding hydrogens is 473 g/mol. The SMILES string of the molecule is CCOC(=O)C1C2OC(=O)C(C(=O)C2CN(CCCl)CCCl)C1c1ccc(OC(C)=O)cc1. The van der Waals surface area contributed by atoms with Crippen LogP contribution in [0, 0.1) is 17.8 Å². The zero-order valence-corrected chi connectivity index (χ0v) is 20.0. The normalized spacial score (nSPS) is 26.3.